The summed E-state index contributed by atoms with van der Waals surface area (Å²) < 4.78 is 32.7. The minimum absolute atomic E-state index is 0.0447. The predicted molar refractivity (Wildman–Crippen MR) is 119 cm³/mol. The van der Waals surface area contributed by atoms with Crippen molar-refractivity contribution in [3.63, 3.8) is 0 Å². The monoisotopic (exact) mass is 483 g/mol. The molecule has 1 amide bonds. The van der Waals surface area contributed by atoms with Gasteiger partial charge in [0.2, 0.25) is 15.9 Å². The number of amides is 1. The molecule has 7 nitrogen and oxygen atoms in total. The number of carbonyl (C=O) groups excluding carboxylic acids is 1. The number of nitrogens with one attached hydrogen (secondary N) is 2. The molecule has 2 rings (SSSR count). The number of hydrogen-bond acceptors (Lipinski definition) is 5. The van der Waals surface area contributed by atoms with Gasteiger partial charge < -0.3 is 15.4 Å². The molecule has 0 aromatic heterocycles. The summed E-state index contributed by atoms with van der Waals surface area (Å²) in [6, 6.07) is 9.79. The molecule has 2 N–H and O–H groups in total. The van der Waals surface area contributed by atoms with Crippen molar-refractivity contribution in [2.75, 3.05) is 31.3 Å². The molecule has 158 valence electrons. The summed E-state index contributed by atoms with van der Waals surface area (Å²) >= 11 is 3.44. The van der Waals surface area contributed by atoms with Crippen LogP contribution in [0.3, 0.4) is 0 Å². The molecule has 0 fully saturated rings. The van der Waals surface area contributed by atoms with E-state index in [1.54, 1.807) is 26.0 Å². The number of benzene rings is 2. The van der Waals surface area contributed by atoms with E-state index < -0.39 is 16.1 Å². The highest BCUT2D eigenvalue weighted by Gasteiger charge is 2.24. The van der Waals surface area contributed by atoms with Crippen LogP contribution in [0.5, 0.6) is 5.75 Å². The van der Waals surface area contributed by atoms with Crippen molar-refractivity contribution in [3.05, 3.63) is 46.4 Å². The summed E-state index contributed by atoms with van der Waals surface area (Å²) in [5.41, 5.74) is 2.24. The summed E-state index contributed by atoms with van der Waals surface area (Å²) in [5, 5.41) is 5.90. The van der Waals surface area contributed by atoms with E-state index in [0.717, 1.165) is 14.3 Å². The smallest absolute Gasteiger partial charge is 0.246 e. The van der Waals surface area contributed by atoms with E-state index >= 15 is 0 Å². The Balaban J connectivity index is 2.23. The lowest BCUT2D eigenvalue weighted by atomic mass is 10.2. The van der Waals surface area contributed by atoms with Crippen molar-refractivity contribution in [1.82, 2.24) is 4.31 Å². The van der Waals surface area contributed by atoms with Gasteiger partial charge in [-0.2, -0.15) is 0 Å². The molecule has 0 aliphatic rings. The molecule has 2 aromatic carbocycles. The minimum Gasteiger partial charge on any atom is -0.492 e. The number of sulfonamides is 1. The lowest BCUT2D eigenvalue weighted by Crippen LogP contribution is -2.32. The van der Waals surface area contributed by atoms with E-state index in [1.807, 2.05) is 25.1 Å². The summed E-state index contributed by atoms with van der Waals surface area (Å²) in [6.07, 6.45) is 0. The third kappa shape index (κ3) is 5.71. The number of nitrogens with zero attached hydrogens (tertiary/aromatic N) is 1. The van der Waals surface area contributed by atoms with Gasteiger partial charge in [-0.05, 0) is 72.6 Å². The Morgan fingerprint density at radius 2 is 1.90 bits per heavy atom. The summed E-state index contributed by atoms with van der Waals surface area (Å²) in [7, 11) is -0.787. The number of aryl methyl sites for hydroxylation is 1. The van der Waals surface area contributed by atoms with Gasteiger partial charge in [0.25, 0.3) is 0 Å². The van der Waals surface area contributed by atoms with Crippen molar-refractivity contribution in [2.24, 2.45) is 0 Å². The lowest BCUT2D eigenvalue weighted by molar-refractivity contribution is -0.116. The Morgan fingerprint density at radius 3 is 2.48 bits per heavy atom. The standard InChI is InChI=1S/C20H26BrN3O4S/c1-6-28-18-10-8-15(12-19(18)29(26,27)24(4)5)22-14(3)20(25)23-17-9-7-13(2)11-16(17)21/h7-12,14,22H,6H2,1-5H3,(H,23,25)/t14-/m1/s1. The average Bonchev–Trinajstić information content (AvgIpc) is 2.65. The van der Waals surface area contributed by atoms with E-state index in [4.69, 9.17) is 4.74 Å². The maximum atomic E-state index is 12.6. The van der Waals surface area contributed by atoms with Crippen LogP contribution in [0.25, 0.3) is 0 Å². The number of ether oxygens (including phenoxy) is 1. The highest BCUT2D eigenvalue weighted by atomic mass is 79.9. The highest BCUT2D eigenvalue weighted by molar-refractivity contribution is 9.10. The minimum atomic E-state index is -3.70. The van der Waals surface area contributed by atoms with Crippen molar-refractivity contribution in [3.8, 4) is 5.75 Å². The number of hydrogen-bond donors (Lipinski definition) is 2. The molecule has 0 unspecified atom stereocenters. The van der Waals surface area contributed by atoms with Crippen molar-refractivity contribution < 1.29 is 17.9 Å². The van der Waals surface area contributed by atoms with Crippen molar-refractivity contribution in [1.29, 1.82) is 0 Å². The second kappa shape index (κ2) is 9.60. The molecule has 0 aliphatic carbocycles. The van der Waals surface area contributed by atoms with E-state index in [-0.39, 0.29) is 16.6 Å². The van der Waals surface area contributed by atoms with Crippen molar-refractivity contribution >= 4 is 43.2 Å². The van der Waals surface area contributed by atoms with Crippen molar-refractivity contribution in [2.45, 2.75) is 31.7 Å². The maximum absolute atomic E-state index is 12.6. The van der Waals surface area contributed by atoms with Crippen LogP contribution < -0.4 is 15.4 Å². The van der Waals surface area contributed by atoms with Crippen LogP contribution in [0.4, 0.5) is 11.4 Å². The Labute approximate surface area is 180 Å². The molecule has 0 bridgehead atoms. The van der Waals surface area contributed by atoms with Gasteiger partial charge in [-0.15, -0.1) is 0 Å². The number of anilines is 2. The largest absolute Gasteiger partial charge is 0.492 e. The van der Waals surface area contributed by atoms with Gasteiger partial charge in [0.1, 0.15) is 16.7 Å². The first kappa shape index (κ1) is 23.2. The molecule has 0 heterocycles. The average molecular weight is 484 g/mol. The molecule has 2 aromatic rings. The molecule has 0 saturated heterocycles. The van der Waals surface area contributed by atoms with Gasteiger partial charge in [-0.25, -0.2) is 12.7 Å². The highest BCUT2D eigenvalue weighted by Crippen LogP contribution is 2.30. The zero-order valence-corrected chi connectivity index (χ0v) is 19.5. The summed E-state index contributed by atoms with van der Waals surface area (Å²) in [4.78, 5) is 12.6. The van der Waals surface area contributed by atoms with Gasteiger partial charge in [-0.1, -0.05) is 6.07 Å². The molecule has 9 heteroatoms. The molecule has 0 saturated carbocycles. The zero-order valence-electron chi connectivity index (χ0n) is 17.1. The Kier molecular flexibility index (Phi) is 7.67. The fourth-order valence-electron chi connectivity index (χ4n) is 2.55. The molecular weight excluding hydrogens is 458 g/mol. The third-order valence-corrected chi connectivity index (χ3v) is 6.65. The molecular formula is C20H26BrN3O4S. The number of halogens is 1. The first-order valence-corrected chi connectivity index (χ1v) is 11.3. The first-order valence-electron chi connectivity index (χ1n) is 9.09. The van der Waals surface area contributed by atoms with Crippen LogP contribution in [0.1, 0.15) is 19.4 Å². The Morgan fingerprint density at radius 1 is 1.21 bits per heavy atom. The topological polar surface area (TPSA) is 87.7 Å². The molecule has 0 aliphatic heterocycles. The lowest BCUT2D eigenvalue weighted by Gasteiger charge is -2.19. The van der Waals surface area contributed by atoms with E-state index in [0.29, 0.717) is 18.0 Å². The normalized spacial score (nSPS) is 12.5. The van der Waals surface area contributed by atoms with Crippen LogP contribution in [0.2, 0.25) is 0 Å². The SMILES string of the molecule is CCOc1ccc(N[C@H](C)C(=O)Nc2ccc(C)cc2Br)cc1S(=O)(=O)N(C)C. The second-order valence-corrected chi connectivity index (χ2v) is 9.70. The van der Waals surface area contributed by atoms with Gasteiger partial charge in [0.05, 0.1) is 12.3 Å². The molecule has 0 radical (unpaired) electrons. The van der Waals surface area contributed by atoms with E-state index in [9.17, 15) is 13.2 Å². The first-order chi connectivity index (χ1) is 13.6. The van der Waals surface area contributed by atoms with Crippen LogP contribution in [-0.2, 0) is 14.8 Å². The Bertz CT molecular complexity index is 993. The van der Waals surface area contributed by atoms with E-state index in [2.05, 4.69) is 26.6 Å². The summed E-state index contributed by atoms with van der Waals surface area (Å²) in [6.45, 7) is 5.79. The van der Waals surface area contributed by atoms with Crippen LogP contribution >= 0.6 is 15.9 Å². The van der Waals surface area contributed by atoms with Gasteiger partial charge in [0.15, 0.2) is 0 Å². The van der Waals surface area contributed by atoms with Crippen LogP contribution in [-0.4, -0.2) is 45.4 Å². The molecule has 0 spiro atoms. The fourth-order valence-corrected chi connectivity index (χ4v) is 4.19. The van der Waals surface area contributed by atoms with Gasteiger partial charge >= 0.3 is 0 Å². The molecule has 29 heavy (non-hydrogen) atoms. The zero-order chi connectivity index (χ0) is 21.8. The van der Waals surface area contributed by atoms with Gasteiger partial charge in [-0.3, -0.25) is 4.79 Å². The number of rotatable bonds is 8. The second-order valence-electron chi connectivity index (χ2n) is 6.72. The van der Waals surface area contributed by atoms with Crippen LogP contribution in [0.15, 0.2) is 45.8 Å². The fraction of sp³-hybridized carbons (Fsp3) is 0.350. The molecule has 1 atom stereocenters. The number of carbonyl (C=O) groups is 1. The Hall–Kier alpha value is -2.10. The van der Waals surface area contributed by atoms with Gasteiger partial charge in [0, 0.05) is 24.3 Å². The van der Waals surface area contributed by atoms with E-state index in [1.165, 1.54) is 20.2 Å². The maximum Gasteiger partial charge on any atom is 0.246 e. The summed E-state index contributed by atoms with van der Waals surface area (Å²) in [5.74, 6) is 0.0212. The van der Waals surface area contributed by atoms with Crippen LogP contribution in [0, 0.1) is 6.92 Å². The third-order valence-electron chi connectivity index (χ3n) is 4.16. The quantitative estimate of drug-likeness (QED) is 0.595. The predicted octanol–water partition coefficient (Wildman–Crippen LogP) is 3.85.